The highest BCUT2D eigenvalue weighted by Crippen LogP contribution is 2.27. The Morgan fingerprint density at radius 3 is 2.88 bits per heavy atom. The van der Waals surface area contributed by atoms with E-state index in [1.165, 1.54) is 11.4 Å². The van der Waals surface area contributed by atoms with E-state index in [4.69, 9.17) is 5.73 Å². The van der Waals surface area contributed by atoms with Crippen LogP contribution in [0.4, 0.5) is 0 Å². The topological polar surface area (TPSA) is 51.3 Å². The second-order valence-electron chi connectivity index (χ2n) is 4.77. The van der Waals surface area contributed by atoms with Crippen molar-refractivity contribution in [2.75, 3.05) is 6.54 Å². The summed E-state index contributed by atoms with van der Waals surface area (Å²) in [5.74, 6) is 0.0742. The fourth-order valence-electron chi connectivity index (χ4n) is 2.51. The Morgan fingerprint density at radius 2 is 2.24 bits per heavy atom. The second-order valence-corrected chi connectivity index (χ2v) is 4.77. The van der Waals surface area contributed by atoms with Crippen LogP contribution in [0.15, 0.2) is 12.1 Å². The van der Waals surface area contributed by atoms with Crippen molar-refractivity contribution in [2.45, 2.75) is 45.8 Å². The molecule has 4 heteroatoms. The fraction of sp³-hybridized carbons (Fsp3) is 0.615. The summed E-state index contributed by atoms with van der Waals surface area (Å²) < 4.78 is 2.28. The highest BCUT2D eigenvalue weighted by Gasteiger charge is 2.30. The lowest BCUT2D eigenvalue weighted by molar-refractivity contribution is -0.135. The molecule has 0 radical (unpaired) electrons. The zero-order valence-corrected chi connectivity index (χ0v) is 10.8. The molecule has 4 nitrogen and oxygen atoms in total. The van der Waals surface area contributed by atoms with Gasteiger partial charge in [0.15, 0.2) is 0 Å². The third kappa shape index (κ3) is 1.97. The number of nitrogens with zero attached hydrogens (tertiary/aromatic N) is 2. The lowest BCUT2D eigenvalue weighted by Crippen LogP contribution is -2.48. The van der Waals surface area contributed by atoms with Crippen LogP contribution in [-0.2, 0) is 11.3 Å². The first-order chi connectivity index (χ1) is 8.06. The molecule has 1 amide bonds. The van der Waals surface area contributed by atoms with Crippen LogP contribution in [0.2, 0.25) is 0 Å². The largest absolute Gasteiger partial charge is 0.345 e. The summed E-state index contributed by atoms with van der Waals surface area (Å²) in [5.41, 5.74) is 8.31. The van der Waals surface area contributed by atoms with Crippen LogP contribution in [0.3, 0.4) is 0 Å². The number of fused-ring (bicyclic) bond motifs is 1. The summed E-state index contributed by atoms with van der Waals surface area (Å²) in [6, 6.07) is 3.99. The van der Waals surface area contributed by atoms with E-state index in [9.17, 15) is 4.79 Å². The quantitative estimate of drug-likeness (QED) is 0.843. The van der Waals surface area contributed by atoms with Crippen LogP contribution in [0.1, 0.15) is 37.7 Å². The van der Waals surface area contributed by atoms with Gasteiger partial charge in [0, 0.05) is 24.5 Å². The molecule has 0 aromatic carbocycles. The van der Waals surface area contributed by atoms with Crippen molar-refractivity contribution >= 4 is 5.91 Å². The van der Waals surface area contributed by atoms with Crippen molar-refractivity contribution in [3.63, 3.8) is 0 Å². The summed E-state index contributed by atoms with van der Waals surface area (Å²) in [5, 5.41) is 0. The van der Waals surface area contributed by atoms with Gasteiger partial charge < -0.3 is 15.2 Å². The lowest BCUT2D eigenvalue weighted by Gasteiger charge is -2.36. The van der Waals surface area contributed by atoms with Gasteiger partial charge in [-0.1, -0.05) is 6.92 Å². The number of amides is 1. The minimum absolute atomic E-state index is 0.0742. The Balaban J connectivity index is 2.23. The van der Waals surface area contributed by atoms with Crippen LogP contribution in [0.5, 0.6) is 0 Å². The molecule has 94 valence electrons. The second kappa shape index (κ2) is 4.53. The molecular formula is C13H21N3O. The molecule has 0 fully saturated rings. The molecule has 17 heavy (non-hydrogen) atoms. The van der Waals surface area contributed by atoms with E-state index >= 15 is 0 Å². The molecule has 0 bridgehead atoms. The van der Waals surface area contributed by atoms with Gasteiger partial charge in [0.2, 0.25) is 5.91 Å². The first-order valence-corrected chi connectivity index (χ1v) is 6.28. The van der Waals surface area contributed by atoms with Crippen molar-refractivity contribution in [2.24, 2.45) is 5.73 Å². The predicted octanol–water partition coefficient (Wildman–Crippen LogP) is 1.44. The van der Waals surface area contributed by atoms with Crippen molar-refractivity contribution < 1.29 is 4.79 Å². The molecule has 1 unspecified atom stereocenters. The number of hydrogen-bond acceptors (Lipinski definition) is 2. The Kier molecular flexibility index (Phi) is 3.24. The molecule has 2 rings (SSSR count). The maximum atomic E-state index is 12.1. The standard InChI is InChI=1S/C13H21N3O/c1-4-11(14)13(17)16-8-7-15-9(2)5-6-12(15)10(16)3/h5-6,10-11H,4,7-8,14H2,1-3H3/t10?,11-/m0/s1. The summed E-state index contributed by atoms with van der Waals surface area (Å²) >= 11 is 0. The van der Waals surface area contributed by atoms with E-state index in [0.29, 0.717) is 6.42 Å². The number of nitrogens with two attached hydrogens (primary N) is 1. The molecule has 2 N–H and O–H groups in total. The number of carbonyl (C=O) groups is 1. The minimum Gasteiger partial charge on any atom is -0.345 e. The zero-order valence-electron chi connectivity index (χ0n) is 10.8. The monoisotopic (exact) mass is 235 g/mol. The first-order valence-electron chi connectivity index (χ1n) is 6.28. The average Bonchev–Trinajstić information content (AvgIpc) is 2.71. The SMILES string of the molecule is CC[C@H](N)C(=O)N1CCn2c(C)ccc2C1C. The van der Waals surface area contributed by atoms with Gasteiger partial charge in [-0.3, -0.25) is 4.79 Å². The van der Waals surface area contributed by atoms with E-state index in [2.05, 4.69) is 30.5 Å². The Hall–Kier alpha value is -1.29. The summed E-state index contributed by atoms with van der Waals surface area (Å²) in [4.78, 5) is 14.1. The van der Waals surface area contributed by atoms with Crippen LogP contribution in [-0.4, -0.2) is 28.0 Å². The highest BCUT2D eigenvalue weighted by atomic mass is 16.2. The van der Waals surface area contributed by atoms with Gasteiger partial charge in [-0.2, -0.15) is 0 Å². The Bertz CT molecular complexity index is 424. The van der Waals surface area contributed by atoms with Gasteiger partial charge >= 0.3 is 0 Å². The molecule has 1 aliphatic heterocycles. The molecule has 1 aromatic rings. The Labute approximate surface area is 102 Å². The molecule has 0 aliphatic carbocycles. The zero-order chi connectivity index (χ0) is 12.6. The summed E-state index contributed by atoms with van der Waals surface area (Å²) in [6.45, 7) is 7.76. The number of aryl methyl sites for hydroxylation is 1. The van der Waals surface area contributed by atoms with Crippen LogP contribution < -0.4 is 5.73 Å². The first kappa shape index (κ1) is 12.2. The Morgan fingerprint density at radius 1 is 1.53 bits per heavy atom. The van der Waals surface area contributed by atoms with Crippen LogP contribution in [0.25, 0.3) is 0 Å². The predicted molar refractivity (Wildman–Crippen MR) is 67.6 cm³/mol. The number of rotatable bonds is 2. The average molecular weight is 235 g/mol. The summed E-state index contributed by atoms with van der Waals surface area (Å²) in [6.07, 6.45) is 0.697. The molecule has 1 aliphatic rings. The van der Waals surface area contributed by atoms with E-state index < -0.39 is 0 Å². The van der Waals surface area contributed by atoms with Gasteiger partial charge in [-0.25, -0.2) is 0 Å². The van der Waals surface area contributed by atoms with Gasteiger partial charge in [-0.05, 0) is 32.4 Å². The third-order valence-electron chi connectivity index (χ3n) is 3.73. The van der Waals surface area contributed by atoms with E-state index in [1.54, 1.807) is 0 Å². The van der Waals surface area contributed by atoms with Crippen molar-refractivity contribution in [1.29, 1.82) is 0 Å². The number of aromatic nitrogens is 1. The minimum atomic E-state index is -0.361. The smallest absolute Gasteiger partial charge is 0.240 e. The van der Waals surface area contributed by atoms with Crippen molar-refractivity contribution in [1.82, 2.24) is 9.47 Å². The normalized spacial score (nSPS) is 21.2. The van der Waals surface area contributed by atoms with Gasteiger partial charge in [0.1, 0.15) is 0 Å². The molecule has 2 atom stereocenters. The molecule has 0 spiro atoms. The summed E-state index contributed by atoms with van der Waals surface area (Å²) in [7, 11) is 0. The highest BCUT2D eigenvalue weighted by molar-refractivity contribution is 5.82. The molecule has 0 saturated heterocycles. The number of hydrogen-bond donors (Lipinski definition) is 1. The van der Waals surface area contributed by atoms with Crippen molar-refractivity contribution in [3.8, 4) is 0 Å². The van der Waals surface area contributed by atoms with E-state index in [-0.39, 0.29) is 18.0 Å². The molecule has 0 saturated carbocycles. The van der Waals surface area contributed by atoms with E-state index in [0.717, 1.165) is 13.1 Å². The van der Waals surface area contributed by atoms with Crippen molar-refractivity contribution in [3.05, 3.63) is 23.5 Å². The van der Waals surface area contributed by atoms with Gasteiger partial charge in [0.25, 0.3) is 0 Å². The fourth-order valence-corrected chi connectivity index (χ4v) is 2.51. The maximum Gasteiger partial charge on any atom is 0.240 e. The van der Waals surface area contributed by atoms with Gasteiger partial charge in [0.05, 0.1) is 12.1 Å². The van der Waals surface area contributed by atoms with Crippen LogP contribution in [0, 0.1) is 6.92 Å². The van der Waals surface area contributed by atoms with E-state index in [1.807, 2.05) is 11.8 Å². The van der Waals surface area contributed by atoms with Crippen LogP contribution >= 0.6 is 0 Å². The maximum absolute atomic E-state index is 12.1. The molecule has 1 aromatic heterocycles. The third-order valence-corrected chi connectivity index (χ3v) is 3.73. The molecule has 2 heterocycles. The molecular weight excluding hydrogens is 214 g/mol. The number of carbonyl (C=O) groups excluding carboxylic acids is 1. The van der Waals surface area contributed by atoms with Gasteiger partial charge in [-0.15, -0.1) is 0 Å². The lowest BCUT2D eigenvalue weighted by atomic mass is 10.1.